The van der Waals surface area contributed by atoms with Gasteiger partial charge in [0.05, 0.1) is 0 Å². The van der Waals surface area contributed by atoms with Crippen LogP contribution >= 0.6 is 0 Å². The van der Waals surface area contributed by atoms with Crippen molar-refractivity contribution in [1.82, 2.24) is 0 Å². The van der Waals surface area contributed by atoms with E-state index in [1.165, 1.54) is 11.1 Å². The first kappa shape index (κ1) is 19.8. The molecule has 0 aromatic heterocycles. The zero-order chi connectivity index (χ0) is 21.4. The van der Waals surface area contributed by atoms with Crippen LogP contribution in [-0.2, 0) is 0 Å². The zero-order valence-electron chi connectivity index (χ0n) is 17.8. The maximum absolute atomic E-state index is 10.9. The monoisotopic (exact) mass is 394 g/mol. The molecule has 150 valence electrons. The predicted molar refractivity (Wildman–Crippen MR) is 125 cm³/mol. The Morgan fingerprint density at radius 2 is 0.867 bits per heavy atom. The average molecular weight is 395 g/mol. The van der Waals surface area contributed by atoms with Crippen LogP contribution in [0.3, 0.4) is 0 Å². The topological polar surface area (TPSA) is 40.5 Å². The van der Waals surface area contributed by atoms with Gasteiger partial charge in [-0.1, -0.05) is 59.7 Å². The van der Waals surface area contributed by atoms with Gasteiger partial charge in [-0.15, -0.1) is 0 Å². The molecule has 0 bridgehead atoms. The van der Waals surface area contributed by atoms with Gasteiger partial charge in [-0.2, -0.15) is 0 Å². The van der Waals surface area contributed by atoms with Crippen LogP contribution < -0.4 is 0 Å². The minimum absolute atomic E-state index is 0.197. The molecule has 2 nitrogen and oxygen atoms in total. The first-order valence-corrected chi connectivity index (χ1v) is 10.1. The summed E-state index contributed by atoms with van der Waals surface area (Å²) in [7, 11) is 0. The van der Waals surface area contributed by atoms with Gasteiger partial charge in [0.2, 0.25) is 0 Å². The highest BCUT2D eigenvalue weighted by Gasteiger charge is 2.17. The Balaban J connectivity index is 1.94. The van der Waals surface area contributed by atoms with Crippen LogP contribution in [-0.4, -0.2) is 10.2 Å². The van der Waals surface area contributed by atoms with Crippen molar-refractivity contribution in [2.24, 2.45) is 0 Å². The van der Waals surface area contributed by atoms with E-state index in [9.17, 15) is 10.2 Å². The fraction of sp³-hybridized carbons (Fsp3) is 0.143. The molecule has 0 spiro atoms. The van der Waals surface area contributed by atoms with E-state index in [1.807, 2.05) is 50.2 Å². The van der Waals surface area contributed by atoms with Crippen LogP contribution in [0.15, 0.2) is 72.8 Å². The third kappa shape index (κ3) is 3.69. The summed E-state index contributed by atoms with van der Waals surface area (Å²) in [4.78, 5) is 0. The lowest BCUT2D eigenvalue weighted by Crippen LogP contribution is -1.91. The van der Waals surface area contributed by atoms with Gasteiger partial charge in [-0.3, -0.25) is 0 Å². The Morgan fingerprint density at radius 3 is 1.23 bits per heavy atom. The Labute approximate surface area is 178 Å². The normalized spacial score (nSPS) is 10.9. The van der Waals surface area contributed by atoms with Crippen LogP contribution in [0.25, 0.3) is 33.4 Å². The third-order valence-electron chi connectivity index (χ3n) is 5.59. The Kier molecular flexibility index (Phi) is 5.09. The molecule has 0 saturated carbocycles. The van der Waals surface area contributed by atoms with Crippen molar-refractivity contribution in [2.75, 3.05) is 0 Å². The highest BCUT2D eigenvalue weighted by Crippen LogP contribution is 2.43. The minimum Gasteiger partial charge on any atom is -0.507 e. The van der Waals surface area contributed by atoms with Crippen molar-refractivity contribution in [1.29, 1.82) is 0 Å². The van der Waals surface area contributed by atoms with Gasteiger partial charge in [-0.05, 0) is 85.3 Å². The second kappa shape index (κ2) is 7.72. The van der Waals surface area contributed by atoms with Crippen molar-refractivity contribution in [3.8, 4) is 44.9 Å². The van der Waals surface area contributed by atoms with Crippen molar-refractivity contribution in [3.63, 3.8) is 0 Å². The summed E-state index contributed by atoms with van der Waals surface area (Å²) >= 11 is 0. The van der Waals surface area contributed by atoms with Crippen molar-refractivity contribution in [2.45, 2.75) is 27.7 Å². The number of aryl methyl sites for hydroxylation is 4. The standard InChI is InChI=1S/C28H26O2/c1-17-7-5-9-21(11-17)23-13-19(3)27(29)25(15-23)26-16-24(14-20(4)28(26)30)22-10-6-8-18(2)12-22/h5-16,29-30H,1-4H3. The van der Waals surface area contributed by atoms with Crippen LogP contribution in [0.4, 0.5) is 0 Å². The van der Waals surface area contributed by atoms with Crippen LogP contribution in [0.1, 0.15) is 22.3 Å². The summed E-state index contributed by atoms with van der Waals surface area (Å²) in [5.74, 6) is 0.394. The van der Waals surface area contributed by atoms with E-state index in [0.717, 1.165) is 33.4 Å². The Morgan fingerprint density at radius 1 is 0.467 bits per heavy atom. The number of phenolic OH excluding ortho intramolecular Hbond substituents is 2. The smallest absolute Gasteiger partial charge is 0.126 e. The average Bonchev–Trinajstić information content (AvgIpc) is 2.72. The molecule has 0 unspecified atom stereocenters. The molecule has 30 heavy (non-hydrogen) atoms. The molecule has 2 N–H and O–H groups in total. The van der Waals surface area contributed by atoms with Gasteiger partial charge < -0.3 is 10.2 Å². The maximum atomic E-state index is 10.9. The summed E-state index contributed by atoms with van der Waals surface area (Å²) in [5.41, 5.74) is 9.41. The SMILES string of the molecule is Cc1cccc(-c2cc(C)c(O)c(-c3cc(-c4cccc(C)c4)cc(C)c3O)c2)c1. The van der Waals surface area contributed by atoms with E-state index in [1.54, 1.807) is 0 Å². The van der Waals surface area contributed by atoms with Gasteiger partial charge in [0, 0.05) is 11.1 Å². The highest BCUT2D eigenvalue weighted by atomic mass is 16.3. The molecule has 0 saturated heterocycles. The lowest BCUT2D eigenvalue weighted by Gasteiger charge is -2.16. The van der Waals surface area contributed by atoms with Gasteiger partial charge in [0.15, 0.2) is 0 Å². The molecular formula is C28H26O2. The molecule has 0 radical (unpaired) electrons. The van der Waals surface area contributed by atoms with Crippen molar-refractivity contribution in [3.05, 3.63) is 95.1 Å². The lowest BCUT2D eigenvalue weighted by atomic mass is 9.91. The maximum Gasteiger partial charge on any atom is 0.126 e. The number of rotatable bonds is 3. The van der Waals surface area contributed by atoms with E-state index in [4.69, 9.17) is 0 Å². The zero-order valence-corrected chi connectivity index (χ0v) is 17.8. The Hall–Kier alpha value is -3.52. The molecule has 0 amide bonds. The van der Waals surface area contributed by atoms with Gasteiger partial charge in [0.25, 0.3) is 0 Å². The third-order valence-corrected chi connectivity index (χ3v) is 5.59. The predicted octanol–water partition coefficient (Wildman–Crippen LogP) is 7.33. The summed E-state index contributed by atoms with van der Waals surface area (Å²) in [6, 6.07) is 24.5. The van der Waals surface area contributed by atoms with E-state index in [2.05, 4.69) is 50.2 Å². The summed E-state index contributed by atoms with van der Waals surface area (Å²) < 4.78 is 0. The van der Waals surface area contributed by atoms with E-state index in [0.29, 0.717) is 11.1 Å². The van der Waals surface area contributed by atoms with E-state index < -0.39 is 0 Å². The molecule has 0 atom stereocenters. The highest BCUT2D eigenvalue weighted by molar-refractivity contribution is 5.86. The van der Waals surface area contributed by atoms with Gasteiger partial charge in [0.1, 0.15) is 11.5 Å². The van der Waals surface area contributed by atoms with Crippen molar-refractivity contribution >= 4 is 0 Å². The fourth-order valence-corrected chi connectivity index (χ4v) is 3.95. The minimum atomic E-state index is 0.197. The Bertz CT molecular complexity index is 1150. The fourth-order valence-electron chi connectivity index (χ4n) is 3.95. The molecule has 4 rings (SSSR count). The van der Waals surface area contributed by atoms with Crippen molar-refractivity contribution < 1.29 is 10.2 Å². The summed E-state index contributed by atoms with van der Waals surface area (Å²) in [5, 5.41) is 21.8. The molecule has 0 aliphatic carbocycles. The largest absolute Gasteiger partial charge is 0.507 e. The molecule has 0 aliphatic rings. The number of hydrogen-bond acceptors (Lipinski definition) is 2. The van der Waals surface area contributed by atoms with Crippen LogP contribution in [0.5, 0.6) is 11.5 Å². The molecule has 4 aromatic carbocycles. The lowest BCUT2D eigenvalue weighted by molar-refractivity contribution is 0.465. The molecule has 2 heteroatoms. The molecule has 0 fully saturated rings. The second-order valence-electron chi connectivity index (χ2n) is 8.12. The second-order valence-corrected chi connectivity index (χ2v) is 8.12. The van der Waals surface area contributed by atoms with Gasteiger partial charge >= 0.3 is 0 Å². The van der Waals surface area contributed by atoms with E-state index in [-0.39, 0.29) is 11.5 Å². The summed E-state index contributed by atoms with van der Waals surface area (Å²) in [6.45, 7) is 7.93. The van der Waals surface area contributed by atoms with Gasteiger partial charge in [-0.25, -0.2) is 0 Å². The number of benzene rings is 4. The first-order chi connectivity index (χ1) is 14.3. The first-order valence-electron chi connectivity index (χ1n) is 10.1. The van der Waals surface area contributed by atoms with Crippen LogP contribution in [0.2, 0.25) is 0 Å². The number of aromatic hydroxyl groups is 2. The number of phenols is 2. The molecule has 4 aromatic rings. The van der Waals surface area contributed by atoms with E-state index >= 15 is 0 Å². The number of hydrogen-bond donors (Lipinski definition) is 2. The quantitative estimate of drug-likeness (QED) is 0.382. The molecule has 0 aliphatic heterocycles. The molecular weight excluding hydrogens is 368 g/mol. The van der Waals surface area contributed by atoms with Crippen LogP contribution in [0, 0.1) is 27.7 Å². The molecule has 0 heterocycles. The summed E-state index contributed by atoms with van der Waals surface area (Å²) in [6.07, 6.45) is 0.